The number of benzene rings is 1. The van der Waals surface area contributed by atoms with E-state index in [1.807, 2.05) is 12.1 Å². The van der Waals surface area contributed by atoms with Crippen molar-refractivity contribution in [3.05, 3.63) is 35.5 Å². The number of rotatable bonds is 2. The van der Waals surface area contributed by atoms with Gasteiger partial charge in [-0.1, -0.05) is 6.07 Å². The van der Waals surface area contributed by atoms with Crippen LogP contribution < -0.4 is 9.47 Å². The average molecular weight is 243 g/mol. The average Bonchev–Trinajstić information content (AvgIpc) is 2.82. The van der Waals surface area contributed by atoms with Crippen LogP contribution in [0.2, 0.25) is 0 Å². The summed E-state index contributed by atoms with van der Waals surface area (Å²) < 4.78 is 10.7. The minimum atomic E-state index is 0.251. The molecular weight excluding hydrogens is 230 g/mol. The molecule has 1 aliphatic carbocycles. The molecule has 1 unspecified atom stereocenters. The third kappa shape index (κ3) is 1.49. The molecule has 1 saturated heterocycles. The van der Waals surface area contributed by atoms with Gasteiger partial charge in [0.05, 0.1) is 6.04 Å². The van der Waals surface area contributed by atoms with Crippen LogP contribution in [-0.2, 0) is 4.79 Å². The fourth-order valence-electron chi connectivity index (χ4n) is 2.67. The summed E-state index contributed by atoms with van der Waals surface area (Å²) in [5.41, 5.74) is 2.42. The Kier molecular flexibility index (Phi) is 1.95. The second kappa shape index (κ2) is 3.51. The zero-order valence-corrected chi connectivity index (χ0v) is 9.89. The third-order valence-corrected chi connectivity index (χ3v) is 3.72. The molecule has 1 aromatic rings. The van der Waals surface area contributed by atoms with Crippen LogP contribution >= 0.6 is 0 Å². The quantitative estimate of drug-likeness (QED) is 0.745. The van der Waals surface area contributed by atoms with Crippen LogP contribution in [0.25, 0.3) is 0 Å². The molecule has 4 heteroatoms. The van der Waals surface area contributed by atoms with Crippen molar-refractivity contribution in [1.29, 1.82) is 0 Å². The first kappa shape index (κ1) is 10.00. The van der Waals surface area contributed by atoms with Crippen LogP contribution in [-0.4, -0.2) is 24.0 Å². The van der Waals surface area contributed by atoms with E-state index in [2.05, 4.69) is 11.0 Å². The van der Waals surface area contributed by atoms with Crippen LogP contribution in [0.5, 0.6) is 11.5 Å². The molecule has 2 heterocycles. The molecule has 0 aromatic heterocycles. The van der Waals surface area contributed by atoms with Gasteiger partial charge < -0.3 is 14.4 Å². The minimum absolute atomic E-state index is 0.251. The van der Waals surface area contributed by atoms with Gasteiger partial charge in [0, 0.05) is 24.7 Å². The molecule has 18 heavy (non-hydrogen) atoms. The first-order chi connectivity index (χ1) is 8.81. The van der Waals surface area contributed by atoms with Crippen LogP contribution in [0.1, 0.15) is 24.4 Å². The van der Waals surface area contributed by atoms with Crippen molar-refractivity contribution in [3.8, 4) is 11.5 Å². The maximum atomic E-state index is 11.2. The van der Waals surface area contributed by atoms with Gasteiger partial charge in [0.2, 0.25) is 6.79 Å². The number of nitrogens with zero attached hydrogens (tertiary/aromatic N) is 1. The molecule has 3 aliphatic rings. The highest BCUT2D eigenvalue weighted by Crippen LogP contribution is 2.44. The van der Waals surface area contributed by atoms with E-state index < -0.39 is 0 Å². The predicted molar refractivity (Wildman–Crippen MR) is 64.3 cm³/mol. The van der Waals surface area contributed by atoms with Crippen molar-refractivity contribution in [2.24, 2.45) is 0 Å². The maximum absolute atomic E-state index is 11.2. The molecule has 0 bridgehead atoms. The smallest absolute Gasteiger partial charge is 0.231 e. The fraction of sp³-hybridized carbons (Fsp3) is 0.357. The molecule has 4 rings (SSSR count). The number of hydrogen-bond acceptors (Lipinski definition) is 4. The SMILES string of the molecule is O=C1C=C(N2CC2c2ccc3c(c2)OCO3)CC1. The summed E-state index contributed by atoms with van der Waals surface area (Å²) in [6, 6.07) is 6.49. The van der Waals surface area contributed by atoms with Gasteiger partial charge >= 0.3 is 0 Å². The lowest BCUT2D eigenvalue weighted by atomic mass is 10.1. The number of ether oxygens (including phenoxy) is 2. The van der Waals surface area contributed by atoms with Crippen molar-refractivity contribution in [3.63, 3.8) is 0 Å². The normalized spacial score (nSPS) is 24.4. The van der Waals surface area contributed by atoms with E-state index in [1.165, 1.54) is 11.3 Å². The van der Waals surface area contributed by atoms with Gasteiger partial charge in [0.1, 0.15) is 0 Å². The number of ketones is 1. The van der Waals surface area contributed by atoms with Gasteiger partial charge in [-0.15, -0.1) is 0 Å². The van der Waals surface area contributed by atoms with Crippen molar-refractivity contribution in [2.75, 3.05) is 13.3 Å². The van der Waals surface area contributed by atoms with E-state index in [0.29, 0.717) is 19.3 Å². The summed E-state index contributed by atoms with van der Waals surface area (Å²) in [6.07, 6.45) is 3.34. The van der Waals surface area contributed by atoms with Gasteiger partial charge in [-0.25, -0.2) is 0 Å². The molecule has 0 saturated carbocycles. The Morgan fingerprint density at radius 2 is 2.06 bits per heavy atom. The van der Waals surface area contributed by atoms with Gasteiger partial charge in [-0.3, -0.25) is 4.79 Å². The summed E-state index contributed by atoms with van der Waals surface area (Å²) in [6.45, 7) is 1.31. The number of carbonyl (C=O) groups is 1. The van der Waals surface area contributed by atoms with E-state index >= 15 is 0 Å². The summed E-state index contributed by atoms with van der Waals surface area (Å²) in [7, 11) is 0. The van der Waals surface area contributed by atoms with Crippen molar-refractivity contribution in [1.82, 2.24) is 4.90 Å². The van der Waals surface area contributed by atoms with E-state index in [9.17, 15) is 4.79 Å². The lowest BCUT2D eigenvalue weighted by Gasteiger charge is -2.06. The summed E-state index contributed by atoms with van der Waals surface area (Å²) in [5, 5.41) is 0. The lowest BCUT2D eigenvalue weighted by molar-refractivity contribution is -0.114. The van der Waals surface area contributed by atoms with E-state index in [4.69, 9.17) is 9.47 Å². The Morgan fingerprint density at radius 3 is 2.89 bits per heavy atom. The largest absolute Gasteiger partial charge is 0.454 e. The molecule has 0 amide bonds. The zero-order valence-electron chi connectivity index (χ0n) is 9.89. The van der Waals surface area contributed by atoms with E-state index in [-0.39, 0.29) is 5.78 Å². The summed E-state index contributed by atoms with van der Waals surface area (Å²) in [5.74, 6) is 1.90. The topological polar surface area (TPSA) is 38.5 Å². The highest BCUT2D eigenvalue weighted by atomic mass is 16.7. The van der Waals surface area contributed by atoms with Crippen molar-refractivity contribution < 1.29 is 14.3 Å². The Hall–Kier alpha value is -1.97. The van der Waals surface area contributed by atoms with E-state index in [1.54, 1.807) is 6.08 Å². The first-order valence-electron chi connectivity index (χ1n) is 6.21. The molecular formula is C14H13NO3. The second-order valence-corrected chi connectivity index (χ2v) is 4.88. The number of fused-ring (bicyclic) bond motifs is 1. The van der Waals surface area contributed by atoms with Crippen LogP contribution in [0, 0.1) is 0 Å². The predicted octanol–water partition coefficient (Wildman–Crippen LogP) is 2.02. The van der Waals surface area contributed by atoms with Gasteiger partial charge in [-0.2, -0.15) is 0 Å². The Balaban J connectivity index is 1.56. The molecule has 0 N–H and O–H groups in total. The highest BCUT2D eigenvalue weighted by Gasteiger charge is 2.38. The molecule has 4 nitrogen and oxygen atoms in total. The van der Waals surface area contributed by atoms with Gasteiger partial charge in [-0.05, 0) is 24.1 Å². The second-order valence-electron chi connectivity index (χ2n) is 4.88. The maximum Gasteiger partial charge on any atom is 0.231 e. The molecule has 2 aliphatic heterocycles. The Labute approximate surface area is 105 Å². The Morgan fingerprint density at radius 1 is 1.17 bits per heavy atom. The van der Waals surface area contributed by atoms with E-state index in [0.717, 1.165) is 24.5 Å². The summed E-state index contributed by atoms with van der Waals surface area (Å²) >= 11 is 0. The number of hydrogen-bond donors (Lipinski definition) is 0. The molecule has 0 radical (unpaired) electrons. The lowest BCUT2D eigenvalue weighted by Crippen LogP contribution is -1.95. The van der Waals surface area contributed by atoms with Crippen molar-refractivity contribution in [2.45, 2.75) is 18.9 Å². The molecule has 0 spiro atoms. The minimum Gasteiger partial charge on any atom is -0.454 e. The van der Waals surface area contributed by atoms with Crippen LogP contribution in [0.15, 0.2) is 30.0 Å². The van der Waals surface area contributed by atoms with Crippen LogP contribution in [0.3, 0.4) is 0 Å². The molecule has 1 fully saturated rings. The standard InChI is InChI=1S/C14H13NO3/c16-11-3-2-10(6-11)15-7-12(15)9-1-4-13-14(5-9)18-8-17-13/h1,4-6,12H,2-3,7-8H2. The number of carbonyl (C=O) groups excluding carboxylic acids is 1. The molecule has 92 valence electrons. The zero-order chi connectivity index (χ0) is 12.1. The van der Waals surface area contributed by atoms with Crippen molar-refractivity contribution >= 4 is 5.78 Å². The fourth-order valence-corrected chi connectivity index (χ4v) is 2.67. The monoisotopic (exact) mass is 243 g/mol. The number of allylic oxidation sites excluding steroid dienone is 2. The highest BCUT2D eigenvalue weighted by molar-refractivity contribution is 5.92. The molecule has 1 atom stereocenters. The summed E-state index contributed by atoms with van der Waals surface area (Å²) in [4.78, 5) is 13.5. The van der Waals surface area contributed by atoms with Gasteiger partial charge in [0.15, 0.2) is 17.3 Å². The Bertz CT molecular complexity index is 564. The third-order valence-electron chi connectivity index (χ3n) is 3.72. The van der Waals surface area contributed by atoms with Gasteiger partial charge in [0.25, 0.3) is 0 Å². The van der Waals surface area contributed by atoms with Crippen LogP contribution in [0.4, 0.5) is 0 Å². The first-order valence-corrected chi connectivity index (χ1v) is 6.21. The molecule has 1 aromatic carbocycles.